The average molecular weight is 447 g/mol. The van der Waals surface area contributed by atoms with E-state index in [1.165, 1.54) is 0 Å². The topological polar surface area (TPSA) is 72.8 Å². The molecule has 0 aliphatic rings. The summed E-state index contributed by atoms with van der Waals surface area (Å²) in [5.41, 5.74) is 4.58. The Morgan fingerprint density at radius 2 is 2.00 bits per heavy atom. The molecule has 3 rings (SSSR count). The van der Waals surface area contributed by atoms with Gasteiger partial charge in [-0.1, -0.05) is 6.07 Å². The lowest BCUT2D eigenvalue weighted by molar-refractivity contribution is 0.0955. The van der Waals surface area contributed by atoms with Crippen LogP contribution < -0.4 is 13.2 Å². The molecule has 0 bridgehead atoms. The fraction of sp³-hybridized carbons (Fsp3) is 0.0556. The van der Waals surface area contributed by atoms with Crippen molar-refractivity contribution in [3.63, 3.8) is 0 Å². The first-order chi connectivity index (χ1) is 12.2. The Kier molecular flexibility index (Phi) is 5.44. The van der Waals surface area contributed by atoms with Crippen LogP contribution in [-0.2, 0) is 0 Å². The van der Waals surface area contributed by atoms with Crippen molar-refractivity contribution >= 4 is 46.0 Å². The number of ether oxygens (including phenoxy) is 1. The van der Waals surface area contributed by atoms with Crippen LogP contribution in [0.25, 0.3) is 10.9 Å². The average Bonchev–Trinajstić information content (AvgIpc) is 2.68. The molecule has 6 nitrogen and oxygen atoms in total. The summed E-state index contributed by atoms with van der Waals surface area (Å²) in [7, 11) is 1.58. The van der Waals surface area contributed by atoms with Crippen molar-refractivity contribution in [1.29, 1.82) is 0 Å². The van der Waals surface area contributed by atoms with E-state index < -0.39 is 0 Å². The molecule has 2 aromatic carbocycles. The Morgan fingerprint density at radius 1 is 1.20 bits per heavy atom. The Labute approximate surface area is 158 Å². The number of carbonyl (C=O) groups is 1. The summed E-state index contributed by atoms with van der Waals surface area (Å²) in [4.78, 5) is 16.4. The van der Waals surface area contributed by atoms with Crippen molar-refractivity contribution in [2.75, 3.05) is 7.11 Å². The second-order valence-electron chi connectivity index (χ2n) is 5.06. The van der Waals surface area contributed by atoms with E-state index >= 15 is 0 Å². The lowest BCUT2D eigenvalue weighted by atomic mass is 10.1. The van der Waals surface area contributed by atoms with Crippen molar-refractivity contribution in [2.45, 2.75) is 0 Å². The normalized spacial score (nSPS) is 10.8. The minimum absolute atomic E-state index is 0.298. The van der Waals surface area contributed by atoms with Gasteiger partial charge in [-0.3, -0.25) is 9.78 Å². The lowest BCUT2D eigenvalue weighted by Crippen LogP contribution is -2.17. The molecule has 0 saturated carbocycles. The quantitative estimate of drug-likeness (QED) is 0.368. The molecular formula is C18H14IN3O3. The van der Waals surface area contributed by atoms with E-state index in [4.69, 9.17) is 7.80 Å². The lowest BCUT2D eigenvalue weighted by Gasteiger charge is -2.05. The first kappa shape index (κ1) is 17.2. The Morgan fingerprint density at radius 3 is 2.72 bits per heavy atom. The number of amides is 1. The summed E-state index contributed by atoms with van der Waals surface area (Å²) < 4.78 is 10.4. The third kappa shape index (κ3) is 3.87. The molecule has 1 aromatic heterocycles. The number of aromatic nitrogens is 1. The third-order valence-electron chi connectivity index (χ3n) is 3.57. The molecule has 0 fully saturated rings. The molecule has 0 spiro atoms. The molecule has 0 aliphatic heterocycles. The van der Waals surface area contributed by atoms with Gasteiger partial charge in [0.15, 0.2) is 28.8 Å². The van der Waals surface area contributed by atoms with Gasteiger partial charge < -0.3 is 7.80 Å². The maximum absolute atomic E-state index is 12.1. The summed E-state index contributed by atoms with van der Waals surface area (Å²) in [6, 6.07) is 14.2. The largest absolute Gasteiger partial charge is 0.497 e. The number of halogens is 1. The van der Waals surface area contributed by atoms with Gasteiger partial charge in [0.05, 0.1) is 13.3 Å². The van der Waals surface area contributed by atoms with Gasteiger partial charge in [0.1, 0.15) is 11.3 Å². The molecule has 0 radical (unpaired) electrons. The van der Waals surface area contributed by atoms with Crippen LogP contribution in [0.2, 0.25) is 0 Å². The molecule has 25 heavy (non-hydrogen) atoms. The number of hydrogen-bond donors (Lipinski definition) is 1. The number of hydrogen-bond acceptors (Lipinski definition) is 5. The fourth-order valence-electron chi connectivity index (χ4n) is 2.31. The van der Waals surface area contributed by atoms with Crippen LogP contribution in [0.4, 0.5) is 0 Å². The highest BCUT2D eigenvalue weighted by atomic mass is 127. The van der Waals surface area contributed by atoms with E-state index in [1.54, 1.807) is 43.8 Å². The zero-order chi connectivity index (χ0) is 17.6. The van der Waals surface area contributed by atoms with Crippen molar-refractivity contribution in [3.8, 4) is 11.5 Å². The maximum Gasteiger partial charge on any atom is 0.271 e. The summed E-state index contributed by atoms with van der Waals surface area (Å²) in [5.74, 6) is 1.07. The van der Waals surface area contributed by atoms with Gasteiger partial charge in [0.2, 0.25) is 0 Å². The van der Waals surface area contributed by atoms with Gasteiger partial charge >= 0.3 is 0 Å². The smallest absolute Gasteiger partial charge is 0.271 e. The maximum atomic E-state index is 12.1. The highest BCUT2D eigenvalue weighted by molar-refractivity contribution is 14.1. The van der Waals surface area contributed by atoms with Gasteiger partial charge in [-0.15, -0.1) is 0 Å². The van der Waals surface area contributed by atoms with Crippen LogP contribution in [0.5, 0.6) is 11.5 Å². The molecule has 0 unspecified atom stereocenters. The van der Waals surface area contributed by atoms with E-state index in [0.717, 1.165) is 16.5 Å². The molecule has 126 valence electrons. The minimum atomic E-state index is -0.298. The van der Waals surface area contributed by atoms with E-state index in [1.807, 2.05) is 47.3 Å². The van der Waals surface area contributed by atoms with Gasteiger partial charge in [0, 0.05) is 22.7 Å². The second kappa shape index (κ2) is 7.93. The number of rotatable bonds is 5. The van der Waals surface area contributed by atoms with Gasteiger partial charge in [-0.2, -0.15) is 5.10 Å². The van der Waals surface area contributed by atoms with Crippen LogP contribution in [0.3, 0.4) is 0 Å². The van der Waals surface area contributed by atoms with E-state index in [-0.39, 0.29) is 5.91 Å². The SMILES string of the molecule is COc1ccc(C(=O)N/N=C/c2ccc(OI)c3ncccc23)cc1. The number of nitrogens with one attached hydrogen (secondary N) is 1. The molecule has 3 aromatic rings. The first-order valence-corrected chi connectivity index (χ1v) is 8.25. The molecule has 1 N–H and O–H groups in total. The Balaban J connectivity index is 1.78. The van der Waals surface area contributed by atoms with Crippen LogP contribution in [0, 0.1) is 0 Å². The summed E-state index contributed by atoms with van der Waals surface area (Å²) in [5, 5.41) is 4.93. The van der Waals surface area contributed by atoms with Crippen molar-refractivity contribution in [1.82, 2.24) is 10.4 Å². The number of pyridine rings is 1. The van der Waals surface area contributed by atoms with E-state index in [2.05, 4.69) is 15.5 Å². The monoisotopic (exact) mass is 447 g/mol. The van der Waals surface area contributed by atoms with Gasteiger partial charge in [-0.05, 0) is 42.5 Å². The zero-order valence-electron chi connectivity index (χ0n) is 13.3. The molecule has 7 heteroatoms. The molecule has 0 saturated heterocycles. The van der Waals surface area contributed by atoms with Crippen LogP contribution in [-0.4, -0.2) is 24.2 Å². The number of fused-ring (bicyclic) bond motifs is 1. The number of nitrogens with zero attached hydrogens (tertiary/aromatic N) is 2. The highest BCUT2D eigenvalue weighted by Gasteiger charge is 2.07. The van der Waals surface area contributed by atoms with E-state index in [0.29, 0.717) is 17.1 Å². The number of methoxy groups -OCH3 is 1. The number of hydrazone groups is 1. The van der Waals surface area contributed by atoms with Crippen molar-refractivity contribution in [3.05, 3.63) is 65.9 Å². The predicted octanol–water partition coefficient (Wildman–Crippen LogP) is 3.74. The first-order valence-electron chi connectivity index (χ1n) is 7.36. The standard InChI is InChI=1S/C18H14IN3O3/c1-24-14-7-4-12(5-8-14)18(23)22-21-11-13-6-9-16(25-19)17-15(13)3-2-10-20-17/h2-11H,1H3,(H,22,23)/b21-11+. The van der Waals surface area contributed by atoms with Crippen LogP contribution >= 0.6 is 23.0 Å². The van der Waals surface area contributed by atoms with E-state index in [9.17, 15) is 4.79 Å². The Bertz CT molecular complexity index is 927. The van der Waals surface area contributed by atoms with Gasteiger partial charge in [0.25, 0.3) is 5.91 Å². The van der Waals surface area contributed by atoms with Crippen LogP contribution in [0.1, 0.15) is 15.9 Å². The second-order valence-corrected chi connectivity index (χ2v) is 5.50. The van der Waals surface area contributed by atoms with Crippen molar-refractivity contribution in [2.24, 2.45) is 5.10 Å². The molecule has 1 heterocycles. The summed E-state index contributed by atoms with van der Waals surface area (Å²) in [6.07, 6.45) is 3.29. The van der Waals surface area contributed by atoms with Crippen LogP contribution in [0.15, 0.2) is 59.8 Å². The third-order valence-corrected chi connectivity index (χ3v) is 4.05. The number of benzene rings is 2. The Hall–Kier alpha value is -2.68. The molecule has 0 aliphatic carbocycles. The van der Waals surface area contributed by atoms with Crippen molar-refractivity contribution < 1.29 is 12.6 Å². The molecule has 0 atom stereocenters. The summed E-state index contributed by atoms with van der Waals surface area (Å²) in [6.45, 7) is 0. The van der Waals surface area contributed by atoms with Gasteiger partial charge in [-0.25, -0.2) is 5.43 Å². The zero-order valence-corrected chi connectivity index (χ0v) is 15.4. The summed E-state index contributed by atoms with van der Waals surface area (Å²) >= 11 is 1.82. The highest BCUT2D eigenvalue weighted by Crippen LogP contribution is 2.27. The number of carbonyl (C=O) groups excluding carboxylic acids is 1. The fourth-order valence-corrected chi connectivity index (χ4v) is 2.67. The predicted molar refractivity (Wildman–Crippen MR) is 104 cm³/mol. The molecule has 1 amide bonds. The molecular weight excluding hydrogens is 433 g/mol. The minimum Gasteiger partial charge on any atom is -0.497 e.